The Labute approximate surface area is 102 Å². The van der Waals surface area contributed by atoms with Crippen molar-refractivity contribution in [1.29, 1.82) is 0 Å². The van der Waals surface area contributed by atoms with Gasteiger partial charge < -0.3 is 0 Å². The van der Waals surface area contributed by atoms with Crippen LogP contribution in [-0.2, 0) is 0 Å². The van der Waals surface area contributed by atoms with E-state index in [0.29, 0.717) is 0 Å². The maximum atomic E-state index is 2.41. The molecular formula is C10H23NaSi. The van der Waals surface area contributed by atoms with Crippen LogP contribution in [0.5, 0.6) is 0 Å². The van der Waals surface area contributed by atoms with Gasteiger partial charge in [-0.1, -0.05) is 45.4 Å². The van der Waals surface area contributed by atoms with Crippen molar-refractivity contribution in [3.63, 3.8) is 0 Å². The number of hydrogen-bond donors (Lipinski definition) is 0. The first-order valence-electron chi connectivity index (χ1n) is 5.06. The van der Waals surface area contributed by atoms with E-state index in [-0.39, 0.29) is 38.4 Å². The fraction of sp³-hybridized carbons (Fsp3) is 1.00. The molecule has 0 heterocycles. The predicted molar refractivity (Wildman–Crippen MR) is 55.7 cm³/mol. The van der Waals surface area contributed by atoms with Gasteiger partial charge in [-0.15, -0.1) is 0 Å². The molecule has 0 radical (unpaired) electrons. The quantitative estimate of drug-likeness (QED) is 0.421. The fourth-order valence-corrected chi connectivity index (χ4v) is 2.22. The second-order valence-electron chi connectivity index (χ2n) is 3.72. The largest absolute Gasteiger partial charge is 1.00 e. The molecule has 0 amide bonds. The summed E-state index contributed by atoms with van der Waals surface area (Å²) in [4.78, 5) is 0. The van der Waals surface area contributed by atoms with E-state index in [0.717, 1.165) is 0 Å². The molecule has 2 heteroatoms. The first-order chi connectivity index (χ1) is 5.27. The monoisotopic (exact) mass is 194 g/mol. The summed E-state index contributed by atoms with van der Waals surface area (Å²) in [6.45, 7) is 7.10. The van der Waals surface area contributed by atoms with Gasteiger partial charge in [-0.3, -0.25) is 8.80 Å². The summed E-state index contributed by atoms with van der Waals surface area (Å²) in [5.74, 6) is 0. The van der Waals surface area contributed by atoms with Gasteiger partial charge in [-0.2, -0.15) is 19.1 Å². The minimum Gasteiger partial charge on any atom is -0.267 e. The van der Waals surface area contributed by atoms with Crippen molar-refractivity contribution < 1.29 is 29.6 Å². The SMILES string of the molecule is CCCCCCCC[Si-](C)C.[Na+]. The molecule has 0 saturated carbocycles. The van der Waals surface area contributed by atoms with Crippen LogP contribution in [0.15, 0.2) is 0 Å². The van der Waals surface area contributed by atoms with Crippen molar-refractivity contribution in [3.8, 4) is 0 Å². The van der Waals surface area contributed by atoms with Crippen molar-refractivity contribution in [2.24, 2.45) is 0 Å². The molecule has 0 aliphatic carbocycles. The van der Waals surface area contributed by atoms with Crippen LogP contribution >= 0.6 is 0 Å². The number of hydrogen-bond acceptors (Lipinski definition) is 0. The van der Waals surface area contributed by atoms with Gasteiger partial charge in [-0.25, -0.2) is 0 Å². The van der Waals surface area contributed by atoms with Crippen LogP contribution in [0.4, 0.5) is 0 Å². The first-order valence-corrected chi connectivity index (χ1v) is 7.77. The summed E-state index contributed by atoms with van der Waals surface area (Å²) < 4.78 is 0. The molecular weight excluding hydrogens is 171 g/mol. The zero-order chi connectivity index (χ0) is 8.53. The molecule has 12 heavy (non-hydrogen) atoms. The molecule has 0 aromatic heterocycles. The summed E-state index contributed by atoms with van der Waals surface area (Å²) in [6, 6.07) is 1.52. The van der Waals surface area contributed by atoms with E-state index < -0.39 is 0 Å². The van der Waals surface area contributed by atoms with Crippen LogP contribution < -0.4 is 29.6 Å². The maximum Gasteiger partial charge on any atom is 1.00 e. The van der Waals surface area contributed by atoms with E-state index in [1.54, 1.807) is 0 Å². The van der Waals surface area contributed by atoms with Gasteiger partial charge in [-0.05, 0) is 0 Å². The van der Waals surface area contributed by atoms with Gasteiger partial charge in [0.25, 0.3) is 0 Å². The molecule has 0 aromatic rings. The second kappa shape index (κ2) is 12.2. The van der Waals surface area contributed by atoms with E-state index >= 15 is 0 Å². The van der Waals surface area contributed by atoms with E-state index in [2.05, 4.69) is 20.0 Å². The van der Waals surface area contributed by atoms with Gasteiger partial charge in [0.05, 0.1) is 0 Å². The smallest absolute Gasteiger partial charge is 0.267 e. The van der Waals surface area contributed by atoms with Crippen molar-refractivity contribution in [2.75, 3.05) is 0 Å². The van der Waals surface area contributed by atoms with Crippen molar-refractivity contribution in [1.82, 2.24) is 0 Å². The van der Waals surface area contributed by atoms with Crippen LogP contribution in [-0.4, -0.2) is 8.80 Å². The van der Waals surface area contributed by atoms with Crippen LogP contribution in [0.1, 0.15) is 45.4 Å². The Morgan fingerprint density at radius 3 is 1.83 bits per heavy atom. The standard InChI is InChI=1S/C10H23Si.Na/c1-4-5-6-7-8-9-10-11(2)3;/h4-10H2,1-3H3;/q-1;+1. The van der Waals surface area contributed by atoms with Crippen LogP contribution in [0.3, 0.4) is 0 Å². The van der Waals surface area contributed by atoms with Gasteiger partial charge in [0.15, 0.2) is 0 Å². The van der Waals surface area contributed by atoms with Crippen LogP contribution in [0.25, 0.3) is 0 Å². The molecule has 0 N–H and O–H groups in total. The topological polar surface area (TPSA) is 0 Å². The first kappa shape index (κ1) is 15.7. The van der Waals surface area contributed by atoms with E-state index in [1.807, 2.05) is 0 Å². The van der Waals surface area contributed by atoms with Gasteiger partial charge in [0.2, 0.25) is 0 Å². The average molecular weight is 194 g/mol. The Balaban J connectivity index is 0. The molecule has 68 valence electrons. The molecule has 0 rings (SSSR count). The van der Waals surface area contributed by atoms with Crippen molar-refractivity contribution >= 4 is 8.80 Å². The summed E-state index contributed by atoms with van der Waals surface area (Å²) in [5, 5.41) is 0. The number of unbranched alkanes of at least 4 members (excludes halogenated alkanes) is 5. The van der Waals surface area contributed by atoms with Crippen molar-refractivity contribution in [2.45, 2.75) is 64.6 Å². The minimum atomic E-state index is 0. The zero-order valence-electron chi connectivity index (χ0n) is 9.45. The summed E-state index contributed by atoms with van der Waals surface area (Å²) in [5.41, 5.74) is 0. The zero-order valence-corrected chi connectivity index (χ0v) is 12.4. The van der Waals surface area contributed by atoms with E-state index in [4.69, 9.17) is 0 Å². The summed E-state index contributed by atoms with van der Waals surface area (Å²) in [7, 11) is 0.0728. The molecule has 0 aromatic carbocycles. The molecule has 0 bridgehead atoms. The molecule has 0 nitrogen and oxygen atoms in total. The Hall–Kier alpha value is 1.22. The maximum absolute atomic E-state index is 2.41. The molecule has 0 aliphatic rings. The molecule has 0 atom stereocenters. The normalized spacial score (nSPS) is 10.0. The molecule has 0 aliphatic heterocycles. The Kier molecular flexibility index (Phi) is 16.0. The third kappa shape index (κ3) is 13.8. The molecule has 0 unspecified atom stereocenters. The summed E-state index contributed by atoms with van der Waals surface area (Å²) in [6.07, 6.45) is 8.72. The van der Waals surface area contributed by atoms with Gasteiger partial charge in [0.1, 0.15) is 0 Å². The summed E-state index contributed by atoms with van der Waals surface area (Å²) >= 11 is 0. The average Bonchev–Trinajstić information content (AvgIpc) is 1.96. The van der Waals surface area contributed by atoms with Crippen molar-refractivity contribution in [3.05, 3.63) is 0 Å². The number of rotatable bonds is 7. The predicted octanol–water partition coefficient (Wildman–Crippen LogP) is 1.11. The van der Waals surface area contributed by atoms with Gasteiger partial charge >= 0.3 is 29.6 Å². The third-order valence-corrected chi connectivity index (χ3v) is 3.38. The third-order valence-electron chi connectivity index (χ3n) is 2.03. The molecule has 0 spiro atoms. The van der Waals surface area contributed by atoms with Crippen LogP contribution in [0.2, 0.25) is 19.1 Å². The second-order valence-corrected chi connectivity index (χ2v) is 6.64. The molecule has 0 saturated heterocycles. The fourth-order valence-electron chi connectivity index (χ4n) is 1.26. The molecule has 0 fully saturated rings. The minimum absolute atomic E-state index is 0. The van der Waals surface area contributed by atoms with Gasteiger partial charge in [0, 0.05) is 0 Å². The van der Waals surface area contributed by atoms with Crippen LogP contribution in [0, 0.1) is 0 Å². The Morgan fingerprint density at radius 2 is 1.33 bits per heavy atom. The van der Waals surface area contributed by atoms with E-state index in [9.17, 15) is 0 Å². The Bertz CT molecular complexity index is 74.2. The van der Waals surface area contributed by atoms with E-state index in [1.165, 1.54) is 44.6 Å². The Morgan fingerprint density at radius 1 is 0.833 bits per heavy atom.